The quantitative estimate of drug-likeness (QED) is 0.836. The Hall–Kier alpha value is -1.52. The number of hydrogen-bond donors (Lipinski definition) is 1. The van der Waals surface area contributed by atoms with E-state index in [2.05, 4.69) is 10.5 Å². The van der Waals surface area contributed by atoms with Crippen molar-refractivity contribution in [2.45, 2.75) is 39.8 Å². The van der Waals surface area contributed by atoms with Crippen LogP contribution in [0.3, 0.4) is 0 Å². The van der Waals surface area contributed by atoms with Gasteiger partial charge in [0.15, 0.2) is 0 Å². The average Bonchev–Trinajstić information content (AvgIpc) is 2.48. The fraction of sp³-hybridized carbons (Fsp3) is 0.636. The van der Waals surface area contributed by atoms with Crippen LogP contribution in [0.4, 0.5) is 4.79 Å². The molecule has 0 saturated carbocycles. The molecule has 1 heterocycles. The van der Waals surface area contributed by atoms with Gasteiger partial charge in [-0.3, -0.25) is 0 Å². The third-order valence-corrected chi connectivity index (χ3v) is 1.90. The van der Waals surface area contributed by atoms with Crippen LogP contribution in [0.15, 0.2) is 10.6 Å². The third kappa shape index (κ3) is 3.92. The number of aryl methyl sites for hydroxylation is 1. The van der Waals surface area contributed by atoms with E-state index >= 15 is 0 Å². The van der Waals surface area contributed by atoms with Crippen molar-refractivity contribution in [1.29, 1.82) is 0 Å². The molecule has 0 aliphatic carbocycles. The lowest BCUT2D eigenvalue weighted by Crippen LogP contribution is -2.46. The maximum Gasteiger partial charge on any atom is 0.317 e. The maximum atomic E-state index is 11.7. The molecule has 1 aromatic rings. The molecule has 1 aromatic heterocycles. The van der Waals surface area contributed by atoms with Crippen molar-refractivity contribution >= 4 is 6.03 Å². The van der Waals surface area contributed by atoms with Crippen LogP contribution in [-0.2, 0) is 6.54 Å². The summed E-state index contributed by atoms with van der Waals surface area (Å²) >= 11 is 0. The topological polar surface area (TPSA) is 58.4 Å². The second-order valence-corrected chi connectivity index (χ2v) is 4.97. The number of amides is 2. The second kappa shape index (κ2) is 4.55. The van der Waals surface area contributed by atoms with Crippen LogP contribution in [0.1, 0.15) is 32.2 Å². The van der Waals surface area contributed by atoms with Crippen LogP contribution in [0.25, 0.3) is 0 Å². The van der Waals surface area contributed by atoms with Crippen LogP contribution in [0.2, 0.25) is 0 Å². The molecular formula is C11H19N3O2. The molecule has 0 aliphatic heterocycles. The molecule has 0 spiro atoms. The number of hydrogen-bond acceptors (Lipinski definition) is 3. The fourth-order valence-corrected chi connectivity index (χ4v) is 1.22. The standard InChI is InChI=1S/C11H19N3O2/c1-8-6-9(13-16-8)7-14(5)10(15)12-11(2,3)4/h6H,7H2,1-5H3,(H,12,15). The number of urea groups is 1. The lowest BCUT2D eigenvalue weighted by molar-refractivity contribution is 0.196. The fourth-order valence-electron chi connectivity index (χ4n) is 1.22. The van der Waals surface area contributed by atoms with Gasteiger partial charge in [0.25, 0.3) is 0 Å². The zero-order valence-electron chi connectivity index (χ0n) is 10.5. The van der Waals surface area contributed by atoms with Crippen molar-refractivity contribution in [3.63, 3.8) is 0 Å². The Balaban J connectivity index is 2.52. The lowest BCUT2D eigenvalue weighted by Gasteiger charge is -2.25. The molecule has 1 N–H and O–H groups in total. The molecule has 0 fully saturated rings. The second-order valence-electron chi connectivity index (χ2n) is 4.97. The summed E-state index contributed by atoms with van der Waals surface area (Å²) in [5, 5.41) is 6.71. The Kier molecular flexibility index (Phi) is 3.57. The number of nitrogens with one attached hydrogen (secondary N) is 1. The van der Waals surface area contributed by atoms with E-state index in [0.29, 0.717) is 6.54 Å². The first-order valence-corrected chi connectivity index (χ1v) is 5.23. The molecule has 0 bridgehead atoms. The van der Waals surface area contributed by atoms with Gasteiger partial charge in [-0.15, -0.1) is 0 Å². The van der Waals surface area contributed by atoms with E-state index in [0.717, 1.165) is 11.5 Å². The van der Waals surface area contributed by atoms with Crippen LogP contribution in [0.5, 0.6) is 0 Å². The predicted molar refractivity (Wildman–Crippen MR) is 61.0 cm³/mol. The molecule has 0 unspecified atom stereocenters. The minimum Gasteiger partial charge on any atom is -0.361 e. The summed E-state index contributed by atoms with van der Waals surface area (Å²) in [6.45, 7) is 8.10. The summed E-state index contributed by atoms with van der Waals surface area (Å²) < 4.78 is 4.94. The number of aromatic nitrogens is 1. The van der Waals surface area contributed by atoms with Crippen LogP contribution in [-0.4, -0.2) is 28.7 Å². The van der Waals surface area contributed by atoms with Crippen LogP contribution in [0, 0.1) is 6.92 Å². The number of nitrogens with zero attached hydrogens (tertiary/aromatic N) is 2. The third-order valence-electron chi connectivity index (χ3n) is 1.90. The Morgan fingerprint density at radius 2 is 2.19 bits per heavy atom. The van der Waals surface area contributed by atoms with Crippen molar-refractivity contribution in [3.8, 4) is 0 Å². The van der Waals surface area contributed by atoms with E-state index in [1.807, 2.05) is 33.8 Å². The Morgan fingerprint density at radius 3 is 2.62 bits per heavy atom. The normalized spacial score (nSPS) is 11.3. The minimum absolute atomic E-state index is 0.117. The van der Waals surface area contributed by atoms with Crippen LogP contribution >= 0.6 is 0 Å². The largest absolute Gasteiger partial charge is 0.361 e. The van der Waals surface area contributed by atoms with E-state index in [9.17, 15) is 4.79 Å². The average molecular weight is 225 g/mol. The van der Waals surface area contributed by atoms with Crippen molar-refractivity contribution < 1.29 is 9.32 Å². The van der Waals surface area contributed by atoms with Crippen molar-refractivity contribution in [1.82, 2.24) is 15.4 Å². The summed E-state index contributed by atoms with van der Waals surface area (Å²) in [5.41, 5.74) is 0.523. The summed E-state index contributed by atoms with van der Waals surface area (Å²) in [6, 6.07) is 1.70. The van der Waals surface area contributed by atoms with Crippen molar-refractivity contribution in [3.05, 3.63) is 17.5 Å². The van der Waals surface area contributed by atoms with Crippen molar-refractivity contribution in [2.24, 2.45) is 0 Å². The van der Waals surface area contributed by atoms with Gasteiger partial charge in [0.1, 0.15) is 11.5 Å². The van der Waals surface area contributed by atoms with Gasteiger partial charge in [0.2, 0.25) is 0 Å². The maximum absolute atomic E-state index is 11.7. The molecule has 0 atom stereocenters. The minimum atomic E-state index is -0.231. The first kappa shape index (κ1) is 12.5. The highest BCUT2D eigenvalue weighted by Crippen LogP contribution is 2.06. The zero-order valence-corrected chi connectivity index (χ0v) is 10.5. The van der Waals surface area contributed by atoms with Gasteiger partial charge >= 0.3 is 6.03 Å². The summed E-state index contributed by atoms with van der Waals surface area (Å²) in [5.74, 6) is 0.750. The molecule has 5 nitrogen and oxygen atoms in total. The van der Waals surface area contributed by atoms with Gasteiger partial charge in [-0.25, -0.2) is 4.79 Å². The summed E-state index contributed by atoms with van der Waals surface area (Å²) in [6.07, 6.45) is 0. The first-order chi connectivity index (χ1) is 7.28. The summed E-state index contributed by atoms with van der Waals surface area (Å²) in [4.78, 5) is 13.3. The highest BCUT2D eigenvalue weighted by Gasteiger charge is 2.17. The molecule has 0 aromatic carbocycles. The zero-order chi connectivity index (χ0) is 12.3. The van der Waals surface area contributed by atoms with Gasteiger partial charge in [0.05, 0.1) is 6.54 Å². The van der Waals surface area contributed by atoms with Crippen molar-refractivity contribution in [2.75, 3.05) is 7.05 Å². The molecule has 2 amide bonds. The first-order valence-electron chi connectivity index (χ1n) is 5.23. The molecule has 0 aliphatic rings. The molecule has 5 heteroatoms. The SMILES string of the molecule is Cc1cc(CN(C)C(=O)NC(C)(C)C)no1. The molecule has 16 heavy (non-hydrogen) atoms. The van der Waals surface area contributed by atoms with E-state index in [1.54, 1.807) is 11.9 Å². The highest BCUT2D eigenvalue weighted by atomic mass is 16.5. The van der Waals surface area contributed by atoms with Gasteiger partial charge in [-0.1, -0.05) is 5.16 Å². The van der Waals surface area contributed by atoms with Gasteiger partial charge < -0.3 is 14.7 Å². The lowest BCUT2D eigenvalue weighted by atomic mass is 10.1. The summed E-state index contributed by atoms with van der Waals surface area (Å²) in [7, 11) is 1.73. The Morgan fingerprint density at radius 1 is 1.56 bits per heavy atom. The van der Waals surface area contributed by atoms with Crippen LogP contribution < -0.4 is 5.32 Å². The van der Waals surface area contributed by atoms with Gasteiger partial charge in [-0.2, -0.15) is 0 Å². The van der Waals surface area contributed by atoms with Gasteiger partial charge in [0, 0.05) is 18.7 Å². The number of carbonyl (C=O) groups is 1. The Bertz CT molecular complexity index is 366. The van der Waals surface area contributed by atoms with Gasteiger partial charge in [-0.05, 0) is 27.7 Å². The number of rotatable bonds is 2. The van der Waals surface area contributed by atoms with E-state index in [-0.39, 0.29) is 11.6 Å². The predicted octanol–water partition coefficient (Wildman–Crippen LogP) is 1.92. The molecule has 1 rings (SSSR count). The molecular weight excluding hydrogens is 206 g/mol. The molecule has 90 valence electrons. The molecule has 0 radical (unpaired) electrons. The van der Waals surface area contributed by atoms with E-state index in [4.69, 9.17) is 4.52 Å². The van der Waals surface area contributed by atoms with E-state index < -0.39 is 0 Å². The Labute approximate surface area is 95.8 Å². The highest BCUT2D eigenvalue weighted by molar-refractivity contribution is 5.74. The monoisotopic (exact) mass is 225 g/mol. The number of carbonyl (C=O) groups excluding carboxylic acids is 1. The van der Waals surface area contributed by atoms with E-state index in [1.165, 1.54) is 0 Å². The molecule has 0 saturated heterocycles. The smallest absolute Gasteiger partial charge is 0.317 e.